The number of carbonyl (C=O) groups excluding carboxylic acids is 1. The van der Waals surface area contributed by atoms with Gasteiger partial charge in [-0.05, 0) is 5.16 Å². The topological polar surface area (TPSA) is 64.8 Å². The van der Waals surface area contributed by atoms with Crippen molar-refractivity contribution in [2.75, 3.05) is 20.8 Å². The van der Waals surface area contributed by atoms with Crippen molar-refractivity contribution in [3.05, 3.63) is 24.5 Å². The number of hydrogen-bond donors (Lipinski definition) is 0. The Labute approximate surface area is 87.0 Å². The average molecular weight is 212 g/mol. The van der Waals surface area contributed by atoms with Gasteiger partial charge in [-0.2, -0.15) is 0 Å². The van der Waals surface area contributed by atoms with Crippen molar-refractivity contribution < 1.29 is 18.9 Å². The predicted octanol–water partition coefficient (Wildman–Crippen LogP) is 0.873. The highest BCUT2D eigenvalue weighted by molar-refractivity contribution is 5.90. The van der Waals surface area contributed by atoms with Gasteiger partial charge in [0.1, 0.15) is 6.61 Å². The van der Waals surface area contributed by atoms with Crippen molar-refractivity contribution in [3.63, 3.8) is 0 Å². The van der Waals surface area contributed by atoms with Crippen LogP contribution >= 0.6 is 0 Å². The number of aromatic nitrogens is 1. The molecule has 0 saturated heterocycles. The minimum Gasteiger partial charge on any atom is -0.471 e. The van der Waals surface area contributed by atoms with Gasteiger partial charge in [0, 0.05) is 7.05 Å². The van der Waals surface area contributed by atoms with Gasteiger partial charge in [-0.1, -0.05) is 12.7 Å². The fourth-order valence-electron chi connectivity index (χ4n) is 0.810. The molecule has 82 valence electrons. The largest absolute Gasteiger partial charge is 0.471 e. The van der Waals surface area contributed by atoms with E-state index in [4.69, 9.17) is 14.1 Å². The molecule has 0 radical (unpaired) electrons. The Morgan fingerprint density at radius 3 is 3.13 bits per heavy atom. The summed E-state index contributed by atoms with van der Waals surface area (Å²) < 4.78 is 9.83. The molecule has 0 spiro atoms. The quantitative estimate of drug-likeness (QED) is 0.535. The second-order valence-corrected chi connectivity index (χ2v) is 2.61. The Balaban J connectivity index is 2.66. The van der Waals surface area contributed by atoms with Crippen LogP contribution in [0.1, 0.15) is 10.6 Å². The van der Waals surface area contributed by atoms with Crippen molar-refractivity contribution >= 4 is 5.91 Å². The second kappa shape index (κ2) is 5.16. The first-order chi connectivity index (χ1) is 7.19. The van der Waals surface area contributed by atoms with E-state index in [2.05, 4.69) is 11.7 Å². The Bertz CT molecular complexity index is 348. The molecule has 6 nitrogen and oxygen atoms in total. The molecule has 0 aliphatic rings. The summed E-state index contributed by atoms with van der Waals surface area (Å²) in [4.78, 5) is 16.2. The molecular formula is C9H12N2O4. The monoisotopic (exact) mass is 212 g/mol. The highest BCUT2D eigenvalue weighted by Gasteiger charge is 2.17. The van der Waals surface area contributed by atoms with E-state index in [1.807, 2.05) is 0 Å². The summed E-state index contributed by atoms with van der Waals surface area (Å²) >= 11 is 0. The van der Waals surface area contributed by atoms with E-state index < -0.39 is 5.91 Å². The zero-order chi connectivity index (χ0) is 11.3. The number of ether oxygens (including phenoxy) is 1. The highest BCUT2D eigenvalue weighted by atomic mass is 16.7. The first kappa shape index (κ1) is 11.3. The standard InChI is InChI=1S/C9H12N2O4/c1-4-5-14-8-6-7(15-10-8)9(12)11(2)13-3/h4,6H,1,5H2,2-3H3. The predicted molar refractivity (Wildman–Crippen MR) is 51.3 cm³/mol. The van der Waals surface area contributed by atoms with E-state index in [1.165, 1.54) is 20.2 Å². The van der Waals surface area contributed by atoms with Gasteiger partial charge < -0.3 is 9.26 Å². The second-order valence-electron chi connectivity index (χ2n) is 2.61. The lowest BCUT2D eigenvalue weighted by Crippen LogP contribution is -2.24. The summed E-state index contributed by atoms with van der Waals surface area (Å²) in [6.07, 6.45) is 1.57. The van der Waals surface area contributed by atoms with E-state index in [9.17, 15) is 4.79 Å². The fourth-order valence-corrected chi connectivity index (χ4v) is 0.810. The number of carbonyl (C=O) groups is 1. The summed E-state index contributed by atoms with van der Waals surface area (Å²) in [6, 6.07) is 1.39. The zero-order valence-corrected chi connectivity index (χ0v) is 8.60. The third-order valence-corrected chi connectivity index (χ3v) is 1.61. The maximum Gasteiger partial charge on any atom is 0.315 e. The molecule has 0 atom stereocenters. The van der Waals surface area contributed by atoms with E-state index in [-0.39, 0.29) is 11.6 Å². The molecule has 1 amide bonds. The molecule has 1 heterocycles. The Hall–Kier alpha value is -1.82. The van der Waals surface area contributed by atoms with Crippen molar-refractivity contribution in [1.29, 1.82) is 0 Å². The summed E-state index contributed by atoms with van der Waals surface area (Å²) in [5.41, 5.74) is 0. The maximum absolute atomic E-state index is 11.5. The van der Waals surface area contributed by atoms with Gasteiger partial charge >= 0.3 is 5.91 Å². The lowest BCUT2D eigenvalue weighted by atomic mass is 10.4. The van der Waals surface area contributed by atoms with Crippen LogP contribution in [-0.4, -0.2) is 36.9 Å². The molecular weight excluding hydrogens is 200 g/mol. The van der Waals surface area contributed by atoms with Crippen LogP contribution in [0.4, 0.5) is 0 Å². The molecule has 15 heavy (non-hydrogen) atoms. The summed E-state index contributed by atoms with van der Waals surface area (Å²) in [6.45, 7) is 3.79. The molecule has 0 unspecified atom stereocenters. The van der Waals surface area contributed by atoms with E-state index in [1.54, 1.807) is 6.08 Å². The van der Waals surface area contributed by atoms with Gasteiger partial charge in [-0.15, -0.1) is 0 Å². The minimum atomic E-state index is -0.432. The molecule has 0 N–H and O–H groups in total. The highest BCUT2D eigenvalue weighted by Crippen LogP contribution is 2.12. The van der Waals surface area contributed by atoms with Crippen LogP contribution < -0.4 is 4.74 Å². The van der Waals surface area contributed by atoms with Crippen LogP contribution in [0.2, 0.25) is 0 Å². The SMILES string of the molecule is C=CCOc1cc(C(=O)N(C)OC)on1. The maximum atomic E-state index is 11.5. The average Bonchev–Trinajstić information content (AvgIpc) is 2.72. The first-order valence-electron chi connectivity index (χ1n) is 4.21. The number of rotatable bonds is 5. The van der Waals surface area contributed by atoms with Crippen molar-refractivity contribution in [2.45, 2.75) is 0 Å². The number of hydrogen-bond acceptors (Lipinski definition) is 5. The van der Waals surface area contributed by atoms with Crippen LogP contribution in [0.15, 0.2) is 23.2 Å². The van der Waals surface area contributed by atoms with Crippen LogP contribution in [0.25, 0.3) is 0 Å². The number of nitrogens with zero attached hydrogens (tertiary/aromatic N) is 2. The van der Waals surface area contributed by atoms with Crippen LogP contribution in [0, 0.1) is 0 Å². The molecule has 0 aliphatic heterocycles. The Kier molecular flexibility index (Phi) is 3.87. The Morgan fingerprint density at radius 1 is 1.80 bits per heavy atom. The van der Waals surface area contributed by atoms with Gasteiger partial charge in [0.25, 0.3) is 5.88 Å². The van der Waals surface area contributed by atoms with Crippen LogP contribution in [-0.2, 0) is 4.84 Å². The minimum absolute atomic E-state index is 0.0541. The van der Waals surface area contributed by atoms with Gasteiger partial charge in [-0.3, -0.25) is 9.63 Å². The first-order valence-corrected chi connectivity index (χ1v) is 4.21. The summed E-state index contributed by atoms with van der Waals surface area (Å²) in [7, 11) is 2.85. The smallest absolute Gasteiger partial charge is 0.315 e. The lowest BCUT2D eigenvalue weighted by molar-refractivity contribution is -0.0776. The number of hydroxylamine groups is 2. The van der Waals surface area contributed by atoms with Crippen molar-refractivity contribution in [3.8, 4) is 5.88 Å². The van der Waals surface area contributed by atoms with Gasteiger partial charge in [0.15, 0.2) is 0 Å². The third-order valence-electron chi connectivity index (χ3n) is 1.61. The third kappa shape index (κ3) is 2.81. The molecule has 1 aromatic heterocycles. The molecule has 1 rings (SSSR count). The normalized spacial score (nSPS) is 9.73. The van der Waals surface area contributed by atoms with Gasteiger partial charge in [0.05, 0.1) is 13.2 Å². The molecule has 1 aromatic rings. The van der Waals surface area contributed by atoms with Crippen LogP contribution in [0.5, 0.6) is 5.88 Å². The van der Waals surface area contributed by atoms with Crippen molar-refractivity contribution in [2.24, 2.45) is 0 Å². The van der Waals surface area contributed by atoms with Crippen molar-refractivity contribution in [1.82, 2.24) is 10.2 Å². The zero-order valence-electron chi connectivity index (χ0n) is 8.60. The van der Waals surface area contributed by atoms with Gasteiger partial charge in [-0.25, -0.2) is 5.06 Å². The summed E-state index contributed by atoms with van der Waals surface area (Å²) in [5, 5.41) is 4.57. The van der Waals surface area contributed by atoms with E-state index in [0.29, 0.717) is 6.61 Å². The van der Waals surface area contributed by atoms with Crippen LogP contribution in [0.3, 0.4) is 0 Å². The van der Waals surface area contributed by atoms with Gasteiger partial charge in [0.2, 0.25) is 5.76 Å². The van der Waals surface area contributed by atoms with E-state index >= 15 is 0 Å². The fraction of sp³-hybridized carbons (Fsp3) is 0.333. The molecule has 0 aliphatic carbocycles. The molecule has 0 saturated carbocycles. The molecule has 0 bridgehead atoms. The molecule has 6 heteroatoms. The summed E-state index contributed by atoms with van der Waals surface area (Å²) in [5.74, 6) is -0.139. The molecule has 0 fully saturated rings. The number of amides is 1. The Morgan fingerprint density at radius 2 is 2.53 bits per heavy atom. The lowest BCUT2D eigenvalue weighted by Gasteiger charge is -2.10. The van der Waals surface area contributed by atoms with E-state index in [0.717, 1.165) is 5.06 Å². The molecule has 0 aromatic carbocycles.